The summed E-state index contributed by atoms with van der Waals surface area (Å²) in [4.78, 5) is 0. The van der Waals surface area contributed by atoms with Crippen molar-refractivity contribution in [2.24, 2.45) is 10.9 Å². The number of nitrogens with zero attached hydrogens (tertiary/aromatic N) is 1. The Morgan fingerprint density at radius 2 is 2.11 bits per heavy atom. The first-order valence-electron chi connectivity index (χ1n) is 5.77. The topological polar surface area (TPSA) is 79.9 Å². The van der Waals surface area contributed by atoms with Crippen LogP contribution in [0.15, 0.2) is 23.4 Å². The van der Waals surface area contributed by atoms with Crippen molar-refractivity contribution in [1.29, 1.82) is 0 Å². The molecular formula is C13H21N3O2. The lowest BCUT2D eigenvalue weighted by molar-refractivity contribution is 0.318. The third-order valence-corrected chi connectivity index (χ3v) is 2.47. The molecule has 0 atom stereocenters. The van der Waals surface area contributed by atoms with Crippen LogP contribution in [0.1, 0.15) is 31.9 Å². The number of oxime groups is 1. The molecule has 0 radical (unpaired) electrons. The van der Waals surface area contributed by atoms with Crippen LogP contribution in [0.3, 0.4) is 0 Å². The number of benzene rings is 1. The molecule has 0 aliphatic carbocycles. The fourth-order valence-electron chi connectivity index (χ4n) is 1.48. The van der Waals surface area contributed by atoms with E-state index in [0.29, 0.717) is 11.3 Å². The maximum absolute atomic E-state index is 8.68. The molecule has 1 rings (SSSR count). The molecule has 5 heteroatoms. The minimum absolute atomic E-state index is 0.0437. The number of nitrogens with one attached hydrogen (secondary N) is 1. The Balaban J connectivity index is 2.92. The van der Waals surface area contributed by atoms with Crippen molar-refractivity contribution in [3.05, 3.63) is 29.3 Å². The maximum Gasteiger partial charge on any atom is 0.173 e. The molecule has 1 aromatic carbocycles. The van der Waals surface area contributed by atoms with Crippen LogP contribution in [0.2, 0.25) is 0 Å². The van der Waals surface area contributed by atoms with Gasteiger partial charge in [-0.1, -0.05) is 11.2 Å². The van der Waals surface area contributed by atoms with Gasteiger partial charge in [-0.05, 0) is 38.5 Å². The van der Waals surface area contributed by atoms with Gasteiger partial charge in [0.15, 0.2) is 5.84 Å². The largest absolute Gasteiger partial charge is 0.496 e. The van der Waals surface area contributed by atoms with E-state index < -0.39 is 0 Å². The second-order valence-corrected chi connectivity index (χ2v) is 5.12. The molecule has 0 saturated heterocycles. The number of nitrogens with two attached hydrogens (primary N) is 1. The predicted octanol–water partition coefficient (Wildman–Crippen LogP) is 1.68. The van der Waals surface area contributed by atoms with Gasteiger partial charge in [0.25, 0.3) is 0 Å². The van der Waals surface area contributed by atoms with E-state index in [1.165, 1.54) is 0 Å². The van der Waals surface area contributed by atoms with Crippen molar-refractivity contribution in [3.63, 3.8) is 0 Å². The summed E-state index contributed by atoms with van der Waals surface area (Å²) in [5, 5.41) is 15.0. The zero-order chi connectivity index (χ0) is 13.8. The minimum Gasteiger partial charge on any atom is -0.496 e. The fourth-order valence-corrected chi connectivity index (χ4v) is 1.48. The quantitative estimate of drug-likeness (QED) is 0.329. The zero-order valence-corrected chi connectivity index (χ0v) is 11.3. The van der Waals surface area contributed by atoms with E-state index in [1.807, 2.05) is 12.1 Å². The predicted molar refractivity (Wildman–Crippen MR) is 72.1 cm³/mol. The molecule has 1 aromatic rings. The first-order chi connectivity index (χ1) is 8.37. The molecule has 0 amide bonds. The molecule has 100 valence electrons. The van der Waals surface area contributed by atoms with Crippen LogP contribution in [0.5, 0.6) is 5.75 Å². The minimum atomic E-state index is 0.0437. The Labute approximate surface area is 108 Å². The molecule has 18 heavy (non-hydrogen) atoms. The first-order valence-corrected chi connectivity index (χ1v) is 5.77. The molecule has 0 aliphatic rings. The summed E-state index contributed by atoms with van der Waals surface area (Å²) in [6, 6.07) is 5.59. The van der Waals surface area contributed by atoms with Gasteiger partial charge in [0.2, 0.25) is 0 Å². The average Bonchev–Trinajstić information content (AvgIpc) is 2.34. The second-order valence-electron chi connectivity index (χ2n) is 5.12. The van der Waals surface area contributed by atoms with E-state index in [2.05, 4.69) is 31.2 Å². The van der Waals surface area contributed by atoms with Crippen LogP contribution < -0.4 is 15.8 Å². The molecule has 0 fully saturated rings. The van der Waals surface area contributed by atoms with E-state index >= 15 is 0 Å². The van der Waals surface area contributed by atoms with Crippen LogP contribution in [-0.4, -0.2) is 23.7 Å². The number of amidine groups is 1. The van der Waals surface area contributed by atoms with Crippen molar-refractivity contribution in [1.82, 2.24) is 5.32 Å². The van der Waals surface area contributed by atoms with Crippen molar-refractivity contribution >= 4 is 5.84 Å². The highest BCUT2D eigenvalue weighted by Crippen LogP contribution is 2.20. The van der Waals surface area contributed by atoms with Crippen LogP contribution in [0.4, 0.5) is 0 Å². The summed E-state index contributed by atoms with van der Waals surface area (Å²) in [6.07, 6.45) is 0. The van der Waals surface area contributed by atoms with Crippen molar-refractivity contribution in [2.75, 3.05) is 7.11 Å². The average molecular weight is 251 g/mol. The number of hydrogen-bond acceptors (Lipinski definition) is 4. The number of methoxy groups -OCH3 is 1. The van der Waals surface area contributed by atoms with Gasteiger partial charge in [-0.2, -0.15) is 0 Å². The van der Waals surface area contributed by atoms with E-state index in [4.69, 9.17) is 15.7 Å². The number of rotatable bonds is 4. The van der Waals surface area contributed by atoms with Gasteiger partial charge < -0.3 is 21.0 Å². The summed E-state index contributed by atoms with van der Waals surface area (Å²) in [7, 11) is 1.56. The van der Waals surface area contributed by atoms with E-state index in [-0.39, 0.29) is 11.4 Å². The molecular weight excluding hydrogens is 230 g/mol. The Bertz CT molecular complexity index is 436. The molecule has 0 aliphatic heterocycles. The van der Waals surface area contributed by atoms with Crippen molar-refractivity contribution in [2.45, 2.75) is 32.9 Å². The van der Waals surface area contributed by atoms with Crippen molar-refractivity contribution in [3.8, 4) is 5.75 Å². The molecule has 5 nitrogen and oxygen atoms in total. The van der Waals surface area contributed by atoms with Gasteiger partial charge in [0, 0.05) is 12.1 Å². The standard InChI is InChI=1S/C13H21N3O2/c1-13(2,3)15-8-9-5-6-10(12(14)16-17)11(7-9)18-4/h5-7,15,17H,8H2,1-4H3,(H2,14,16). The highest BCUT2D eigenvalue weighted by atomic mass is 16.5. The van der Waals surface area contributed by atoms with Gasteiger partial charge in [0.05, 0.1) is 12.7 Å². The van der Waals surface area contributed by atoms with Gasteiger partial charge in [-0.25, -0.2) is 0 Å². The second kappa shape index (κ2) is 5.73. The fraction of sp³-hybridized carbons (Fsp3) is 0.462. The Kier molecular flexibility index (Phi) is 4.55. The third kappa shape index (κ3) is 3.92. The van der Waals surface area contributed by atoms with Crippen LogP contribution >= 0.6 is 0 Å². The number of ether oxygens (including phenoxy) is 1. The van der Waals surface area contributed by atoms with Crippen LogP contribution in [0, 0.1) is 0 Å². The Hall–Kier alpha value is -1.75. The molecule has 0 saturated carbocycles. The smallest absolute Gasteiger partial charge is 0.173 e. The third-order valence-electron chi connectivity index (χ3n) is 2.47. The van der Waals surface area contributed by atoms with Gasteiger partial charge in [0.1, 0.15) is 5.75 Å². The van der Waals surface area contributed by atoms with Gasteiger partial charge >= 0.3 is 0 Å². The maximum atomic E-state index is 8.68. The number of hydrogen-bond donors (Lipinski definition) is 3. The lowest BCUT2D eigenvalue weighted by Crippen LogP contribution is -2.35. The van der Waals surface area contributed by atoms with E-state index in [0.717, 1.165) is 12.1 Å². The van der Waals surface area contributed by atoms with Crippen molar-refractivity contribution < 1.29 is 9.94 Å². The lowest BCUT2D eigenvalue weighted by Gasteiger charge is -2.21. The van der Waals surface area contributed by atoms with Gasteiger partial charge in [-0.3, -0.25) is 0 Å². The van der Waals surface area contributed by atoms with Crippen LogP contribution in [-0.2, 0) is 6.54 Å². The Morgan fingerprint density at radius 3 is 2.61 bits per heavy atom. The highest BCUT2D eigenvalue weighted by Gasteiger charge is 2.11. The Morgan fingerprint density at radius 1 is 1.44 bits per heavy atom. The SMILES string of the molecule is COc1cc(CNC(C)(C)C)ccc1/C(N)=N/O. The van der Waals surface area contributed by atoms with Crippen LogP contribution in [0.25, 0.3) is 0 Å². The molecule has 4 N–H and O–H groups in total. The molecule has 0 heterocycles. The normalized spacial score (nSPS) is 12.6. The molecule has 0 aromatic heterocycles. The molecule has 0 spiro atoms. The summed E-state index contributed by atoms with van der Waals surface area (Å²) >= 11 is 0. The summed E-state index contributed by atoms with van der Waals surface area (Å²) < 4.78 is 5.24. The summed E-state index contributed by atoms with van der Waals surface area (Å²) in [5.41, 5.74) is 7.28. The van der Waals surface area contributed by atoms with E-state index in [1.54, 1.807) is 13.2 Å². The summed E-state index contributed by atoms with van der Waals surface area (Å²) in [6.45, 7) is 7.05. The first kappa shape index (κ1) is 14.3. The monoisotopic (exact) mass is 251 g/mol. The van der Waals surface area contributed by atoms with Gasteiger partial charge in [-0.15, -0.1) is 0 Å². The molecule has 0 unspecified atom stereocenters. The highest BCUT2D eigenvalue weighted by molar-refractivity contribution is 5.99. The summed E-state index contributed by atoms with van der Waals surface area (Å²) in [5.74, 6) is 0.640. The zero-order valence-electron chi connectivity index (χ0n) is 11.3. The molecule has 0 bridgehead atoms. The van der Waals surface area contributed by atoms with E-state index in [9.17, 15) is 0 Å². The lowest BCUT2D eigenvalue weighted by atomic mass is 10.1.